The molecule has 1 aliphatic heterocycles. The largest absolute Gasteiger partial charge is 0.493 e. The molecule has 4 rings (SSSR count). The standard InChI is InChI=1S/C19H11BrCl2N2O2S/c20-12-2-4-16-13(7-12)11(8-23-16)6-17-18(25)24(19(26)27-17)9-10-1-3-14(21)15(22)5-10/h1-8,25H,9H2/b11-6+. The van der Waals surface area contributed by atoms with Gasteiger partial charge in [0.05, 0.1) is 27.2 Å². The van der Waals surface area contributed by atoms with Crippen molar-refractivity contribution in [1.29, 1.82) is 0 Å². The average molecular weight is 482 g/mol. The Hall–Kier alpha value is -1.86. The Labute approximate surface area is 177 Å². The lowest BCUT2D eigenvalue weighted by Crippen LogP contribution is -2.13. The molecule has 1 aromatic heterocycles. The molecule has 4 nitrogen and oxygen atoms in total. The van der Waals surface area contributed by atoms with Crippen molar-refractivity contribution in [2.24, 2.45) is 4.99 Å². The minimum atomic E-state index is -0.255. The molecule has 27 heavy (non-hydrogen) atoms. The van der Waals surface area contributed by atoms with Crippen LogP contribution in [0.5, 0.6) is 5.88 Å². The number of thiazole rings is 1. The summed E-state index contributed by atoms with van der Waals surface area (Å²) in [6.07, 6.45) is 3.50. The fraction of sp³-hybridized carbons (Fsp3) is 0.0526. The summed E-state index contributed by atoms with van der Waals surface area (Å²) < 4.78 is 2.25. The van der Waals surface area contributed by atoms with Crippen LogP contribution in [0.2, 0.25) is 10.0 Å². The van der Waals surface area contributed by atoms with Crippen molar-refractivity contribution < 1.29 is 5.11 Å². The summed E-state index contributed by atoms with van der Waals surface area (Å²) in [4.78, 5) is 17.0. The van der Waals surface area contributed by atoms with Crippen molar-refractivity contribution in [2.75, 3.05) is 0 Å². The van der Waals surface area contributed by atoms with E-state index < -0.39 is 0 Å². The molecule has 136 valence electrons. The normalized spacial score (nSPS) is 14.1. The Morgan fingerprint density at radius 1 is 1.19 bits per heavy atom. The molecule has 0 atom stereocenters. The summed E-state index contributed by atoms with van der Waals surface area (Å²) in [6.45, 7) is 0.206. The number of fused-ring (bicyclic) bond motifs is 1. The van der Waals surface area contributed by atoms with Gasteiger partial charge in [-0.3, -0.25) is 14.4 Å². The molecule has 0 aliphatic carbocycles. The van der Waals surface area contributed by atoms with Crippen LogP contribution in [0.1, 0.15) is 16.0 Å². The van der Waals surface area contributed by atoms with Gasteiger partial charge in [-0.15, -0.1) is 0 Å². The average Bonchev–Trinajstić information content (AvgIpc) is 3.14. The van der Waals surface area contributed by atoms with Crippen molar-refractivity contribution in [1.82, 2.24) is 4.57 Å². The number of aromatic nitrogens is 1. The lowest BCUT2D eigenvalue weighted by atomic mass is 10.1. The van der Waals surface area contributed by atoms with Crippen molar-refractivity contribution in [3.05, 3.63) is 76.6 Å². The number of rotatable bonds is 3. The first-order valence-corrected chi connectivity index (χ1v) is 10.2. The second-order valence-electron chi connectivity index (χ2n) is 5.91. The highest BCUT2D eigenvalue weighted by atomic mass is 79.9. The van der Waals surface area contributed by atoms with Gasteiger partial charge in [0, 0.05) is 21.8 Å². The molecule has 1 aliphatic rings. The van der Waals surface area contributed by atoms with Crippen molar-refractivity contribution in [3.63, 3.8) is 0 Å². The number of aliphatic imine (C=N–C) groups is 1. The lowest BCUT2D eigenvalue weighted by molar-refractivity contribution is 0.420. The van der Waals surface area contributed by atoms with Gasteiger partial charge < -0.3 is 5.11 Å². The molecule has 0 amide bonds. The smallest absolute Gasteiger partial charge is 0.310 e. The zero-order valence-corrected chi connectivity index (χ0v) is 17.5. The molecule has 0 saturated heterocycles. The highest BCUT2D eigenvalue weighted by Crippen LogP contribution is 2.36. The van der Waals surface area contributed by atoms with Gasteiger partial charge in [0.25, 0.3) is 0 Å². The molecular formula is C19H11BrCl2N2O2S. The van der Waals surface area contributed by atoms with Gasteiger partial charge in [0.15, 0.2) is 0 Å². The van der Waals surface area contributed by atoms with E-state index in [9.17, 15) is 9.90 Å². The first kappa shape index (κ1) is 18.5. The molecular weight excluding hydrogens is 471 g/mol. The predicted octanol–water partition coefficient (Wildman–Crippen LogP) is 5.99. The maximum Gasteiger partial charge on any atom is 0.310 e. The molecule has 8 heteroatoms. The number of hydrogen-bond acceptors (Lipinski definition) is 4. The summed E-state index contributed by atoms with van der Waals surface area (Å²) in [7, 11) is 0. The van der Waals surface area contributed by atoms with Crippen molar-refractivity contribution in [3.8, 4) is 5.88 Å². The number of halogens is 3. The first-order valence-electron chi connectivity index (χ1n) is 7.84. The van der Waals surface area contributed by atoms with E-state index >= 15 is 0 Å². The van der Waals surface area contributed by atoms with Gasteiger partial charge in [0.2, 0.25) is 5.88 Å². The maximum absolute atomic E-state index is 12.4. The van der Waals surface area contributed by atoms with Gasteiger partial charge in [-0.25, -0.2) is 0 Å². The fourth-order valence-corrected chi connectivity index (χ4v) is 4.30. The fourth-order valence-electron chi connectivity index (χ4n) is 2.79. The molecule has 2 heterocycles. The quantitative estimate of drug-likeness (QED) is 0.499. The van der Waals surface area contributed by atoms with Crippen LogP contribution in [0.3, 0.4) is 0 Å². The highest BCUT2D eigenvalue weighted by molar-refractivity contribution is 9.10. The topological polar surface area (TPSA) is 54.6 Å². The Kier molecular flexibility index (Phi) is 4.99. The molecule has 2 aromatic carbocycles. The van der Waals surface area contributed by atoms with E-state index in [-0.39, 0.29) is 17.3 Å². The Morgan fingerprint density at radius 2 is 2.00 bits per heavy atom. The first-order chi connectivity index (χ1) is 12.9. The van der Waals surface area contributed by atoms with Crippen LogP contribution in [-0.4, -0.2) is 15.9 Å². The molecule has 0 saturated carbocycles. The molecule has 0 unspecified atom stereocenters. The summed E-state index contributed by atoms with van der Waals surface area (Å²) in [5.41, 5.74) is 3.41. The minimum Gasteiger partial charge on any atom is -0.493 e. The summed E-state index contributed by atoms with van der Waals surface area (Å²) >= 11 is 16.4. The molecule has 0 fully saturated rings. The van der Waals surface area contributed by atoms with E-state index in [1.54, 1.807) is 30.5 Å². The third-order valence-corrected chi connectivity index (χ3v) is 6.26. The van der Waals surface area contributed by atoms with Gasteiger partial charge in [-0.05, 0) is 42.0 Å². The monoisotopic (exact) mass is 480 g/mol. The SMILES string of the molecule is O=c1sc(/C=C2\C=Nc3ccc(Br)cc32)c(O)n1Cc1ccc(Cl)c(Cl)c1. The van der Waals surface area contributed by atoms with Crippen LogP contribution in [-0.2, 0) is 6.54 Å². The molecule has 0 spiro atoms. The summed E-state index contributed by atoms with van der Waals surface area (Å²) in [6, 6.07) is 10.9. The van der Waals surface area contributed by atoms with Crippen LogP contribution in [0, 0.1) is 0 Å². The zero-order valence-electron chi connectivity index (χ0n) is 13.6. The van der Waals surface area contributed by atoms with E-state index in [1.165, 1.54) is 4.57 Å². The zero-order chi connectivity index (χ0) is 19.1. The molecule has 0 radical (unpaired) electrons. The van der Waals surface area contributed by atoms with E-state index in [1.807, 2.05) is 18.2 Å². The third kappa shape index (κ3) is 3.62. The molecule has 3 aromatic rings. The summed E-state index contributed by atoms with van der Waals surface area (Å²) in [5.74, 6) is -0.0829. The van der Waals surface area contributed by atoms with Crippen LogP contribution in [0.4, 0.5) is 5.69 Å². The van der Waals surface area contributed by atoms with Crippen molar-refractivity contribution >= 4 is 74.0 Å². The van der Waals surface area contributed by atoms with E-state index in [0.29, 0.717) is 14.9 Å². The van der Waals surface area contributed by atoms with Crippen LogP contribution < -0.4 is 4.87 Å². The molecule has 0 bridgehead atoms. The maximum atomic E-state index is 12.4. The summed E-state index contributed by atoms with van der Waals surface area (Å²) in [5, 5.41) is 11.4. The number of aromatic hydroxyl groups is 1. The number of nitrogens with zero attached hydrogens (tertiary/aromatic N) is 2. The molecule has 1 N–H and O–H groups in total. The third-order valence-electron chi connectivity index (χ3n) is 4.12. The van der Waals surface area contributed by atoms with Crippen molar-refractivity contribution in [2.45, 2.75) is 6.54 Å². The van der Waals surface area contributed by atoms with Gasteiger partial charge in [-0.2, -0.15) is 0 Å². The minimum absolute atomic E-state index is 0.0829. The van der Waals surface area contributed by atoms with E-state index in [4.69, 9.17) is 23.2 Å². The van der Waals surface area contributed by atoms with Gasteiger partial charge in [0.1, 0.15) is 0 Å². The predicted molar refractivity (Wildman–Crippen MR) is 116 cm³/mol. The van der Waals surface area contributed by atoms with Crippen LogP contribution >= 0.6 is 50.5 Å². The van der Waals surface area contributed by atoms with Gasteiger partial charge in [-0.1, -0.05) is 56.5 Å². The van der Waals surface area contributed by atoms with E-state index in [0.717, 1.165) is 38.2 Å². The second kappa shape index (κ2) is 7.28. The van der Waals surface area contributed by atoms with Crippen LogP contribution in [0.25, 0.3) is 11.6 Å². The Bertz CT molecular complexity index is 1180. The number of benzene rings is 2. The number of allylic oxidation sites excluding steroid dienone is 1. The van der Waals surface area contributed by atoms with Crippen LogP contribution in [0.15, 0.2) is 50.7 Å². The second-order valence-corrected chi connectivity index (χ2v) is 8.63. The Balaban J connectivity index is 1.70. The Morgan fingerprint density at radius 3 is 2.78 bits per heavy atom. The number of hydrogen-bond donors (Lipinski definition) is 1. The van der Waals surface area contributed by atoms with E-state index in [2.05, 4.69) is 20.9 Å². The lowest BCUT2D eigenvalue weighted by Gasteiger charge is -2.05. The highest BCUT2D eigenvalue weighted by Gasteiger charge is 2.17. The van der Waals surface area contributed by atoms with Gasteiger partial charge >= 0.3 is 4.87 Å².